The molecule has 0 saturated heterocycles. The summed E-state index contributed by atoms with van der Waals surface area (Å²) >= 11 is 1.54. The van der Waals surface area contributed by atoms with E-state index in [4.69, 9.17) is 14.2 Å². The van der Waals surface area contributed by atoms with Crippen LogP contribution in [0.3, 0.4) is 0 Å². The molecule has 0 aliphatic carbocycles. The second-order valence-corrected chi connectivity index (χ2v) is 5.54. The summed E-state index contributed by atoms with van der Waals surface area (Å²) in [4.78, 5) is 12.8. The molecule has 0 saturated carbocycles. The number of thiophene rings is 1. The van der Waals surface area contributed by atoms with Crippen molar-refractivity contribution in [3.63, 3.8) is 0 Å². The van der Waals surface area contributed by atoms with E-state index in [1.54, 1.807) is 33.5 Å². The first-order valence-corrected chi connectivity index (χ1v) is 7.70. The SMILES string of the molecule is COc1cc(/C=N/NC(=O)Cc2cccs2)cc(OC)c1OC. The van der Waals surface area contributed by atoms with E-state index in [9.17, 15) is 4.79 Å². The largest absolute Gasteiger partial charge is 0.493 e. The van der Waals surface area contributed by atoms with Gasteiger partial charge in [-0.1, -0.05) is 6.07 Å². The van der Waals surface area contributed by atoms with Crippen LogP contribution in [0.25, 0.3) is 0 Å². The van der Waals surface area contributed by atoms with Crippen LogP contribution in [0.5, 0.6) is 17.2 Å². The second kappa shape index (κ2) is 8.19. The maximum atomic E-state index is 11.8. The summed E-state index contributed by atoms with van der Waals surface area (Å²) in [6, 6.07) is 7.31. The summed E-state index contributed by atoms with van der Waals surface area (Å²) in [5.41, 5.74) is 3.22. The summed E-state index contributed by atoms with van der Waals surface area (Å²) in [6.07, 6.45) is 1.83. The molecular formula is C16H18N2O4S. The van der Waals surface area contributed by atoms with Gasteiger partial charge in [0.15, 0.2) is 11.5 Å². The molecule has 122 valence electrons. The molecule has 0 unspecified atom stereocenters. The van der Waals surface area contributed by atoms with Gasteiger partial charge in [0.2, 0.25) is 11.7 Å². The average molecular weight is 334 g/mol. The molecule has 0 radical (unpaired) electrons. The maximum absolute atomic E-state index is 11.8. The number of hydrogen-bond donors (Lipinski definition) is 1. The Morgan fingerprint density at radius 3 is 2.43 bits per heavy atom. The Hall–Kier alpha value is -2.54. The molecule has 1 N–H and O–H groups in total. The molecule has 0 aliphatic rings. The lowest BCUT2D eigenvalue weighted by Gasteiger charge is -2.12. The highest BCUT2D eigenvalue weighted by Crippen LogP contribution is 2.37. The van der Waals surface area contributed by atoms with Crippen molar-refractivity contribution in [2.45, 2.75) is 6.42 Å². The minimum absolute atomic E-state index is 0.170. The van der Waals surface area contributed by atoms with Crippen molar-refractivity contribution in [2.75, 3.05) is 21.3 Å². The lowest BCUT2D eigenvalue weighted by atomic mass is 10.2. The molecule has 0 spiro atoms. The molecule has 7 heteroatoms. The van der Waals surface area contributed by atoms with Crippen molar-refractivity contribution in [3.05, 3.63) is 40.1 Å². The predicted molar refractivity (Wildman–Crippen MR) is 89.9 cm³/mol. The van der Waals surface area contributed by atoms with Gasteiger partial charge in [0.25, 0.3) is 0 Å². The number of nitrogens with one attached hydrogen (secondary N) is 1. The molecule has 2 aromatic rings. The van der Waals surface area contributed by atoms with Gasteiger partial charge < -0.3 is 14.2 Å². The van der Waals surface area contributed by atoms with Gasteiger partial charge in [0, 0.05) is 10.4 Å². The van der Waals surface area contributed by atoms with Crippen LogP contribution in [-0.2, 0) is 11.2 Å². The summed E-state index contributed by atoms with van der Waals surface area (Å²) < 4.78 is 15.8. The van der Waals surface area contributed by atoms with E-state index >= 15 is 0 Å². The molecular weight excluding hydrogens is 316 g/mol. The molecule has 1 heterocycles. The van der Waals surface area contributed by atoms with Gasteiger partial charge in [0.1, 0.15) is 0 Å². The van der Waals surface area contributed by atoms with Crippen molar-refractivity contribution in [3.8, 4) is 17.2 Å². The van der Waals surface area contributed by atoms with Crippen LogP contribution in [0.15, 0.2) is 34.7 Å². The third-order valence-electron chi connectivity index (χ3n) is 3.00. The summed E-state index contributed by atoms with van der Waals surface area (Å²) in [6.45, 7) is 0. The van der Waals surface area contributed by atoms with Gasteiger partial charge >= 0.3 is 0 Å². The number of hydrazone groups is 1. The zero-order valence-corrected chi connectivity index (χ0v) is 14.0. The number of carbonyl (C=O) groups is 1. The Morgan fingerprint density at radius 1 is 1.22 bits per heavy atom. The Morgan fingerprint density at radius 2 is 1.91 bits per heavy atom. The number of amides is 1. The third-order valence-corrected chi connectivity index (χ3v) is 3.88. The Labute approximate surface area is 138 Å². The molecule has 0 aliphatic heterocycles. The molecule has 1 aromatic heterocycles. The van der Waals surface area contributed by atoms with Crippen molar-refractivity contribution in [2.24, 2.45) is 5.10 Å². The summed E-state index contributed by atoms with van der Waals surface area (Å²) in [5, 5.41) is 5.89. The van der Waals surface area contributed by atoms with Gasteiger partial charge in [-0.15, -0.1) is 11.3 Å². The molecule has 0 fully saturated rings. The van der Waals surface area contributed by atoms with Crippen molar-refractivity contribution in [1.29, 1.82) is 0 Å². The monoisotopic (exact) mass is 334 g/mol. The number of methoxy groups -OCH3 is 3. The van der Waals surface area contributed by atoms with Crippen LogP contribution >= 0.6 is 11.3 Å². The van der Waals surface area contributed by atoms with Crippen molar-refractivity contribution < 1.29 is 19.0 Å². The van der Waals surface area contributed by atoms with Crippen LogP contribution < -0.4 is 19.6 Å². The number of nitrogens with zero attached hydrogens (tertiary/aromatic N) is 1. The standard InChI is InChI=1S/C16H18N2O4S/c1-20-13-7-11(8-14(21-2)16(13)22-3)10-17-18-15(19)9-12-5-4-6-23-12/h4-8,10H,9H2,1-3H3,(H,18,19)/b17-10+. The first-order chi connectivity index (χ1) is 11.2. The topological polar surface area (TPSA) is 69.2 Å². The third kappa shape index (κ3) is 4.46. The second-order valence-electron chi connectivity index (χ2n) is 4.51. The fourth-order valence-electron chi connectivity index (χ4n) is 1.97. The number of hydrogen-bond acceptors (Lipinski definition) is 6. The Kier molecular flexibility index (Phi) is 5.99. The zero-order valence-electron chi connectivity index (χ0n) is 13.2. The van der Waals surface area contributed by atoms with E-state index in [1.807, 2.05) is 17.5 Å². The average Bonchev–Trinajstić information content (AvgIpc) is 3.06. The molecule has 23 heavy (non-hydrogen) atoms. The van der Waals surface area contributed by atoms with Crippen molar-refractivity contribution in [1.82, 2.24) is 5.43 Å². The maximum Gasteiger partial charge on any atom is 0.245 e. The highest BCUT2D eigenvalue weighted by Gasteiger charge is 2.12. The van der Waals surface area contributed by atoms with Gasteiger partial charge in [-0.25, -0.2) is 5.43 Å². The molecule has 1 amide bonds. The van der Waals surface area contributed by atoms with E-state index < -0.39 is 0 Å². The van der Waals surface area contributed by atoms with Gasteiger partial charge in [0.05, 0.1) is 34.0 Å². The fourth-order valence-corrected chi connectivity index (χ4v) is 2.67. The number of rotatable bonds is 7. The fraction of sp³-hybridized carbons (Fsp3) is 0.250. The van der Waals surface area contributed by atoms with Crippen LogP contribution in [-0.4, -0.2) is 33.5 Å². The van der Waals surface area contributed by atoms with E-state index in [0.717, 1.165) is 10.4 Å². The Balaban J connectivity index is 2.05. The van der Waals surface area contributed by atoms with E-state index in [2.05, 4.69) is 10.5 Å². The number of benzene rings is 1. The van der Waals surface area contributed by atoms with Gasteiger partial charge in [-0.05, 0) is 23.6 Å². The minimum atomic E-state index is -0.170. The molecule has 0 atom stereocenters. The van der Waals surface area contributed by atoms with E-state index in [0.29, 0.717) is 23.7 Å². The summed E-state index contributed by atoms with van der Waals surface area (Å²) in [7, 11) is 4.63. The molecule has 6 nitrogen and oxygen atoms in total. The lowest BCUT2D eigenvalue weighted by molar-refractivity contribution is -0.120. The zero-order chi connectivity index (χ0) is 16.7. The smallest absolute Gasteiger partial charge is 0.245 e. The highest BCUT2D eigenvalue weighted by molar-refractivity contribution is 7.10. The highest BCUT2D eigenvalue weighted by atomic mass is 32.1. The van der Waals surface area contributed by atoms with Crippen molar-refractivity contribution >= 4 is 23.5 Å². The van der Waals surface area contributed by atoms with Crippen LogP contribution in [0, 0.1) is 0 Å². The van der Waals surface area contributed by atoms with E-state index in [1.165, 1.54) is 17.6 Å². The normalized spacial score (nSPS) is 10.6. The van der Waals surface area contributed by atoms with Crippen LogP contribution in [0.4, 0.5) is 0 Å². The van der Waals surface area contributed by atoms with Crippen LogP contribution in [0.2, 0.25) is 0 Å². The van der Waals surface area contributed by atoms with E-state index in [-0.39, 0.29) is 5.91 Å². The predicted octanol–water partition coefficient (Wildman–Crippen LogP) is 2.47. The van der Waals surface area contributed by atoms with Crippen LogP contribution in [0.1, 0.15) is 10.4 Å². The Bertz CT molecular complexity index is 658. The van der Waals surface area contributed by atoms with Gasteiger partial charge in [-0.2, -0.15) is 5.10 Å². The first kappa shape index (κ1) is 16.8. The quantitative estimate of drug-likeness (QED) is 0.624. The van der Waals surface area contributed by atoms with Gasteiger partial charge in [-0.3, -0.25) is 4.79 Å². The molecule has 2 rings (SSSR count). The summed E-state index contributed by atoms with van der Waals surface area (Å²) in [5.74, 6) is 1.39. The molecule has 0 bridgehead atoms. The lowest BCUT2D eigenvalue weighted by Crippen LogP contribution is -2.19. The number of ether oxygens (including phenoxy) is 3. The number of carbonyl (C=O) groups excluding carboxylic acids is 1. The first-order valence-electron chi connectivity index (χ1n) is 6.82. The molecule has 1 aromatic carbocycles. The minimum Gasteiger partial charge on any atom is -0.493 e.